The number of rotatable bonds is 5. The van der Waals surface area contributed by atoms with Crippen LogP contribution in [0, 0.1) is 0 Å². The molecule has 1 amide bonds. The summed E-state index contributed by atoms with van der Waals surface area (Å²) in [6.45, 7) is 2.18. The lowest BCUT2D eigenvalue weighted by molar-refractivity contribution is -0.144. The van der Waals surface area contributed by atoms with Crippen molar-refractivity contribution in [1.29, 1.82) is 0 Å². The largest absolute Gasteiger partial charge is 0.467 e. The lowest BCUT2D eigenvalue weighted by atomic mass is 10.3. The van der Waals surface area contributed by atoms with E-state index >= 15 is 0 Å². The third kappa shape index (κ3) is 5.19. The van der Waals surface area contributed by atoms with Gasteiger partial charge in [-0.15, -0.1) is 0 Å². The number of hydrogen-bond donors (Lipinski definition) is 2. The fourth-order valence-corrected chi connectivity index (χ4v) is 0.788. The highest BCUT2D eigenvalue weighted by molar-refractivity contribution is 5.84. The number of carbonyl (C=O) groups excluding carboxylic acids is 2. The zero-order valence-electron chi connectivity index (χ0n) is 8.22. The van der Waals surface area contributed by atoms with Crippen molar-refractivity contribution in [3.05, 3.63) is 0 Å². The predicted molar refractivity (Wildman–Crippen MR) is 48.2 cm³/mol. The molecule has 0 aliphatic carbocycles. The summed E-state index contributed by atoms with van der Waals surface area (Å²) in [7, 11) is 3.05. The maximum absolute atomic E-state index is 11.1. The van der Waals surface area contributed by atoms with Gasteiger partial charge in [0.05, 0.1) is 7.11 Å². The van der Waals surface area contributed by atoms with Gasteiger partial charge in [-0.25, -0.2) is 4.79 Å². The molecule has 5 nitrogen and oxygen atoms in total. The van der Waals surface area contributed by atoms with Crippen LogP contribution in [0.3, 0.4) is 0 Å². The molecule has 13 heavy (non-hydrogen) atoms. The van der Waals surface area contributed by atoms with Crippen LogP contribution in [0.1, 0.15) is 13.3 Å². The van der Waals surface area contributed by atoms with Crippen LogP contribution in [0.4, 0.5) is 0 Å². The first kappa shape index (κ1) is 11.9. The van der Waals surface area contributed by atoms with Crippen LogP contribution in [-0.4, -0.2) is 38.6 Å². The number of nitrogens with one attached hydrogen (secondary N) is 2. The smallest absolute Gasteiger partial charge is 0.328 e. The summed E-state index contributed by atoms with van der Waals surface area (Å²) in [5, 5.41) is 5.35. The molecule has 0 rings (SSSR count). The average molecular weight is 188 g/mol. The summed E-state index contributed by atoms with van der Waals surface area (Å²) >= 11 is 0. The Labute approximate surface area is 77.8 Å². The van der Waals surface area contributed by atoms with E-state index in [4.69, 9.17) is 0 Å². The molecule has 0 saturated heterocycles. The van der Waals surface area contributed by atoms with Gasteiger partial charge in [0.15, 0.2) is 0 Å². The molecule has 5 heteroatoms. The van der Waals surface area contributed by atoms with Crippen molar-refractivity contribution < 1.29 is 14.3 Å². The van der Waals surface area contributed by atoms with Crippen LogP contribution in [0.25, 0.3) is 0 Å². The maximum Gasteiger partial charge on any atom is 0.328 e. The predicted octanol–water partition coefficient (Wildman–Crippen LogP) is -0.726. The van der Waals surface area contributed by atoms with Crippen molar-refractivity contribution in [2.24, 2.45) is 0 Å². The Morgan fingerprint density at radius 2 is 2.08 bits per heavy atom. The molecule has 0 fully saturated rings. The van der Waals surface area contributed by atoms with Crippen LogP contribution in [0.2, 0.25) is 0 Å². The summed E-state index contributed by atoms with van der Waals surface area (Å²) in [6.07, 6.45) is 0.359. The van der Waals surface area contributed by atoms with Gasteiger partial charge in [0.2, 0.25) is 5.91 Å². The van der Waals surface area contributed by atoms with Gasteiger partial charge in [0.1, 0.15) is 6.04 Å². The maximum atomic E-state index is 11.1. The van der Waals surface area contributed by atoms with E-state index in [1.807, 2.05) is 0 Å². The summed E-state index contributed by atoms with van der Waals surface area (Å²) in [5.74, 6) is -0.593. The van der Waals surface area contributed by atoms with Crippen molar-refractivity contribution in [3.63, 3.8) is 0 Å². The molecule has 76 valence electrons. The third-order valence-corrected chi connectivity index (χ3v) is 1.53. The molecule has 0 saturated carbocycles. The van der Waals surface area contributed by atoms with Crippen LogP contribution >= 0.6 is 0 Å². The molecule has 0 bridgehead atoms. The van der Waals surface area contributed by atoms with Gasteiger partial charge in [0.25, 0.3) is 0 Å². The molecule has 2 N–H and O–H groups in total. The monoisotopic (exact) mass is 188 g/mol. The summed E-state index contributed by atoms with van der Waals surface area (Å²) < 4.78 is 4.45. The zero-order valence-corrected chi connectivity index (χ0v) is 8.22. The van der Waals surface area contributed by atoms with Crippen molar-refractivity contribution in [2.75, 3.05) is 20.7 Å². The molecule has 0 heterocycles. The van der Waals surface area contributed by atoms with Crippen molar-refractivity contribution in [1.82, 2.24) is 10.6 Å². The number of esters is 1. The van der Waals surface area contributed by atoms with Crippen LogP contribution in [-0.2, 0) is 14.3 Å². The minimum Gasteiger partial charge on any atom is -0.467 e. The Kier molecular flexibility index (Phi) is 5.88. The molecular weight excluding hydrogens is 172 g/mol. The van der Waals surface area contributed by atoms with Crippen molar-refractivity contribution >= 4 is 11.9 Å². The first-order chi connectivity index (χ1) is 6.11. The fraction of sp³-hybridized carbons (Fsp3) is 0.750. The number of amides is 1. The number of ether oxygens (including phenoxy) is 1. The highest BCUT2D eigenvalue weighted by Gasteiger charge is 2.14. The zero-order chi connectivity index (χ0) is 10.3. The van der Waals surface area contributed by atoms with E-state index in [1.54, 1.807) is 14.0 Å². The van der Waals surface area contributed by atoms with Gasteiger partial charge in [-0.05, 0) is 14.0 Å². The van der Waals surface area contributed by atoms with Crippen molar-refractivity contribution in [3.8, 4) is 0 Å². The number of methoxy groups -OCH3 is 1. The second-order valence-corrected chi connectivity index (χ2v) is 2.67. The van der Waals surface area contributed by atoms with E-state index in [2.05, 4.69) is 15.4 Å². The lowest BCUT2D eigenvalue weighted by Gasteiger charge is -2.10. The second-order valence-electron chi connectivity index (χ2n) is 2.67. The number of hydrogen-bond acceptors (Lipinski definition) is 4. The molecule has 0 aliphatic heterocycles. The van der Waals surface area contributed by atoms with E-state index in [1.165, 1.54) is 7.11 Å². The van der Waals surface area contributed by atoms with Crippen LogP contribution in [0.5, 0.6) is 0 Å². The van der Waals surface area contributed by atoms with E-state index in [9.17, 15) is 9.59 Å². The Balaban J connectivity index is 3.71. The molecule has 1 atom stereocenters. The SMILES string of the molecule is CNCCC(=O)N[C@@H](C)C(=O)OC. The Bertz CT molecular complexity index is 182. The average Bonchev–Trinajstić information content (AvgIpc) is 2.13. The Hall–Kier alpha value is -1.10. The molecule has 0 aliphatic rings. The standard InChI is InChI=1S/C8H16N2O3/c1-6(8(12)13-3)10-7(11)4-5-9-2/h6,9H,4-5H2,1-3H3,(H,10,11)/t6-/m0/s1. The molecule has 0 aromatic rings. The normalized spacial score (nSPS) is 11.9. The molecular formula is C8H16N2O3. The first-order valence-electron chi connectivity index (χ1n) is 4.13. The summed E-state index contributed by atoms with van der Waals surface area (Å²) in [6, 6.07) is -0.575. The van der Waals surface area contributed by atoms with Gasteiger partial charge in [-0.2, -0.15) is 0 Å². The van der Waals surface area contributed by atoms with Crippen LogP contribution < -0.4 is 10.6 Å². The van der Waals surface area contributed by atoms with Gasteiger partial charge in [-0.1, -0.05) is 0 Å². The Morgan fingerprint density at radius 3 is 2.54 bits per heavy atom. The fourth-order valence-electron chi connectivity index (χ4n) is 0.788. The topological polar surface area (TPSA) is 67.4 Å². The van der Waals surface area contributed by atoms with Gasteiger partial charge < -0.3 is 15.4 Å². The Morgan fingerprint density at radius 1 is 1.46 bits per heavy atom. The molecule has 0 aromatic heterocycles. The highest BCUT2D eigenvalue weighted by atomic mass is 16.5. The van der Waals surface area contributed by atoms with E-state index in [0.717, 1.165) is 0 Å². The van der Waals surface area contributed by atoms with Gasteiger partial charge in [-0.3, -0.25) is 4.79 Å². The van der Waals surface area contributed by atoms with Gasteiger partial charge >= 0.3 is 5.97 Å². The third-order valence-electron chi connectivity index (χ3n) is 1.53. The molecule has 0 radical (unpaired) electrons. The highest BCUT2D eigenvalue weighted by Crippen LogP contribution is 1.87. The lowest BCUT2D eigenvalue weighted by Crippen LogP contribution is -2.39. The molecule has 0 spiro atoms. The van der Waals surface area contributed by atoms with E-state index in [0.29, 0.717) is 13.0 Å². The summed E-state index contributed by atoms with van der Waals surface area (Å²) in [4.78, 5) is 21.9. The van der Waals surface area contributed by atoms with Crippen LogP contribution in [0.15, 0.2) is 0 Å². The quantitative estimate of drug-likeness (QED) is 0.558. The first-order valence-corrected chi connectivity index (χ1v) is 4.13. The second kappa shape index (κ2) is 6.42. The van der Waals surface area contributed by atoms with E-state index < -0.39 is 12.0 Å². The molecule has 0 unspecified atom stereocenters. The summed E-state index contributed by atoms with van der Waals surface area (Å²) in [5.41, 5.74) is 0. The number of carbonyl (C=O) groups is 2. The minimum atomic E-state index is -0.575. The minimum absolute atomic E-state index is 0.160. The molecule has 0 aromatic carbocycles. The van der Waals surface area contributed by atoms with Gasteiger partial charge in [0, 0.05) is 13.0 Å². The van der Waals surface area contributed by atoms with Crippen molar-refractivity contribution in [2.45, 2.75) is 19.4 Å². The van der Waals surface area contributed by atoms with E-state index in [-0.39, 0.29) is 5.91 Å².